The van der Waals surface area contributed by atoms with E-state index in [0.29, 0.717) is 29.7 Å². The third kappa shape index (κ3) is 4.25. The van der Waals surface area contributed by atoms with Crippen LogP contribution in [0.1, 0.15) is 30.4 Å². The van der Waals surface area contributed by atoms with Crippen molar-refractivity contribution in [1.82, 2.24) is 10.5 Å². The summed E-state index contributed by atoms with van der Waals surface area (Å²) in [7, 11) is 0. The van der Waals surface area contributed by atoms with E-state index in [1.807, 2.05) is 31.2 Å². The maximum absolute atomic E-state index is 6.10. The van der Waals surface area contributed by atoms with E-state index in [1.165, 1.54) is 0 Å². The summed E-state index contributed by atoms with van der Waals surface area (Å²) < 4.78 is 10.9. The van der Waals surface area contributed by atoms with Crippen molar-refractivity contribution in [3.63, 3.8) is 0 Å². The minimum absolute atomic E-state index is 0.323. The summed E-state index contributed by atoms with van der Waals surface area (Å²) in [5, 5.41) is 7.86. The van der Waals surface area contributed by atoms with Crippen molar-refractivity contribution < 1.29 is 9.26 Å². The van der Waals surface area contributed by atoms with Crippen molar-refractivity contribution in [2.75, 3.05) is 6.54 Å². The molecule has 0 aliphatic rings. The summed E-state index contributed by atoms with van der Waals surface area (Å²) in [6.07, 6.45) is 1.10. The summed E-state index contributed by atoms with van der Waals surface area (Å²) in [5.74, 6) is 1.34. The fourth-order valence-corrected chi connectivity index (χ4v) is 2.06. The zero-order chi connectivity index (χ0) is 14.4. The molecule has 0 aliphatic carbocycles. The van der Waals surface area contributed by atoms with E-state index in [0.717, 1.165) is 24.2 Å². The minimum Gasteiger partial charge on any atom is -0.484 e. The molecule has 4 nitrogen and oxygen atoms in total. The zero-order valence-corrected chi connectivity index (χ0v) is 12.5. The van der Waals surface area contributed by atoms with Crippen LogP contribution in [-0.4, -0.2) is 11.7 Å². The average Bonchev–Trinajstić information content (AvgIpc) is 2.86. The van der Waals surface area contributed by atoms with Crippen LogP contribution in [0.2, 0.25) is 5.02 Å². The molecular weight excluding hydrogens is 276 g/mol. The standard InChI is InChI=1S/C15H19ClN2O2/c1-3-6-17-9-12-8-13(20-18-12)10-19-15-5-4-11(2)7-14(15)16/h4-5,7-8,17H,3,6,9-10H2,1-2H3. The van der Waals surface area contributed by atoms with Gasteiger partial charge in [0.25, 0.3) is 0 Å². The molecule has 1 N–H and O–H groups in total. The van der Waals surface area contributed by atoms with Gasteiger partial charge in [-0.3, -0.25) is 0 Å². The monoisotopic (exact) mass is 294 g/mol. The molecule has 0 saturated heterocycles. The number of hydrogen-bond donors (Lipinski definition) is 1. The second kappa shape index (κ2) is 7.31. The Balaban J connectivity index is 1.87. The first-order chi connectivity index (χ1) is 9.69. The quantitative estimate of drug-likeness (QED) is 0.791. The van der Waals surface area contributed by atoms with Gasteiger partial charge < -0.3 is 14.6 Å². The van der Waals surface area contributed by atoms with Gasteiger partial charge in [-0.2, -0.15) is 0 Å². The molecule has 0 aliphatic heterocycles. The number of halogens is 1. The molecule has 0 amide bonds. The molecule has 1 heterocycles. The van der Waals surface area contributed by atoms with Crippen LogP contribution in [0.25, 0.3) is 0 Å². The number of aryl methyl sites for hydroxylation is 1. The molecule has 0 saturated carbocycles. The Morgan fingerprint density at radius 1 is 1.35 bits per heavy atom. The summed E-state index contributed by atoms with van der Waals surface area (Å²) >= 11 is 6.10. The molecule has 0 fully saturated rings. The summed E-state index contributed by atoms with van der Waals surface area (Å²) in [4.78, 5) is 0. The highest BCUT2D eigenvalue weighted by molar-refractivity contribution is 6.32. The summed E-state index contributed by atoms with van der Waals surface area (Å²) in [5.41, 5.74) is 1.98. The van der Waals surface area contributed by atoms with Gasteiger partial charge in [-0.05, 0) is 37.6 Å². The van der Waals surface area contributed by atoms with Crippen LogP contribution in [0, 0.1) is 6.92 Å². The molecule has 0 unspecified atom stereocenters. The lowest BCUT2D eigenvalue weighted by Gasteiger charge is -2.06. The normalized spacial score (nSPS) is 10.8. The van der Waals surface area contributed by atoms with Gasteiger partial charge in [0, 0.05) is 12.6 Å². The fraction of sp³-hybridized carbons (Fsp3) is 0.400. The Bertz CT molecular complexity index is 555. The molecule has 0 atom stereocenters. The zero-order valence-electron chi connectivity index (χ0n) is 11.8. The highest BCUT2D eigenvalue weighted by atomic mass is 35.5. The Hall–Kier alpha value is -1.52. The predicted molar refractivity (Wildman–Crippen MR) is 79.0 cm³/mol. The third-order valence-electron chi connectivity index (χ3n) is 2.80. The van der Waals surface area contributed by atoms with E-state index < -0.39 is 0 Å². The lowest BCUT2D eigenvalue weighted by atomic mass is 10.2. The Morgan fingerprint density at radius 2 is 2.20 bits per heavy atom. The van der Waals surface area contributed by atoms with Crippen molar-refractivity contribution in [2.45, 2.75) is 33.4 Å². The van der Waals surface area contributed by atoms with Crippen LogP contribution >= 0.6 is 11.6 Å². The predicted octanol–water partition coefficient (Wildman–Crippen LogP) is 3.72. The molecule has 5 heteroatoms. The molecule has 0 spiro atoms. The van der Waals surface area contributed by atoms with Crippen LogP contribution in [0.4, 0.5) is 0 Å². The number of hydrogen-bond acceptors (Lipinski definition) is 4. The number of nitrogens with zero attached hydrogens (tertiary/aromatic N) is 1. The smallest absolute Gasteiger partial charge is 0.174 e. The number of nitrogens with one attached hydrogen (secondary N) is 1. The summed E-state index contributed by atoms with van der Waals surface area (Å²) in [6, 6.07) is 7.58. The molecule has 1 aromatic heterocycles. The highest BCUT2D eigenvalue weighted by Crippen LogP contribution is 2.26. The molecule has 2 rings (SSSR count). The van der Waals surface area contributed by atoms with E-state index in [-0.39, 0.29) is 0 Å². The van der Waals surface area contributed by atoms with Crippen molar-refractivity contribution in [1.29, 1.82) is 0 Å². The van der Waals surface area contributed by atoms with Gasteiger partial charge in [-0.25, -0.2) is 0 Å². The first-order valence-corrected chi connectivity index (χ1v) is 7.11. The Kier molecular flexibility index (Phi) is 5.44. The van der Waals surface area contributed by atoms with Crippen molar-refractivity contribution >= 4 is 11.6 Å². The minimum atomic E-state index is 0.323. The second-order valence-electron chi connectivity index (χ2n) is 4.68. The van der Waals surface area contributed by atoms with Gasteiger partial charge in [0.05, 0.1) is 10.7 Å². The molecule has 0 bridgehead atoms. The average molecular weight is 295 g/mol. The van der Waals surface area contributed by atoms with Crippen LogP contribution < -0.4 is 10.1 Å². The molecule has 20 heavy (non-hydrogen) atoms. The van der Waals surface area contributed by atoms with E-state index >= 15 is 0 Å². The van der Waals surface area contributed by atoms with E-state index in [2.05, 4.69) is 17.4 Å². The third-order valence-corrected chi connectivity index (χ3v) is 3.09. The lowest BCUT2D eigenvalue weighted by molar-refractivity contribution is 0.248. The molecular formula is C15H19ClN2O2. The van der Waals surface area contributed by atoms with Crippen LogP contribution in [-0.2, 0) is 13.2 Å². The van der Waals surface area contributed by atoms with Gasteiger partial charge >= 0.3 is 0 Å². The Morgan fingerprint density at radius 3 is 2.95 bits per heavy atom. The number of rotatable bonds is 7. The summed E-state index contributed by atoms with van der Waals surface area (Å²) in [6.45, 7) is 6.12. The number of ether oxygens (including phenoxy) is 1. The largest absolute Gasteiger partial charge is 0.484 e. The Labute approximate surface area is 124 Å². The number of benzene rings is 1. The SMILES string of the molecule is CCCNCc1cc(COc2ccc(C)cc2Cl)on1. The van der Waals surface area contributed by atoms with Crippen LogP contribution in [0.15, 0.2) is 28.8 Å². The molecule has 108 valence electrons. The van der Waals surface area contributed by atoms with E-state index in [1.54, 1.807) is 0 Å². The van der Waals surface area contributed by atoms with Gasteiger partial charge in [0.15, 0.2) is 5.76 Å². The van der Waals surface area contributed by atoms with Crippen LogP contribution in [0.5, 0.6) is 5.75 Å². The molecule has 1 aromatic carbocycles. The van der Waals surface area contributed by atoms with Crippen molar-refractivity contribution in [2.24, 2.45) is 0 Å². The lowest BCUT2D eigenvalue weighted by Crippen LogP contribution is -2.13. The topological polar surface area (TPSA) is 47.3 Å². The molecule has 0 radical (unpaired) electrons. The van der Waals surface area contributed by atoms with Gasteiger partial charge in [-0.15, -0.1) is 0 Å². The van der Waals surface area contributed by atoms with Crippen molar-refractivity contribution in [3.05, 3.63) is 46.3 Å². The van der Waals surface area contributed by atoms with E-state index in [4.69, 9.17) is 20.9 Å². The van der Waals surface area contributed by atoms with Gasteiger partial charge in [-0.1, -0.05) is 29.7 Å². The highest BCUT2D eigenvalue weighted by Gasteiger charge is 2.07. The van der Waals surface area contributed by atoms with Crippen molar-refractivity contribution in [3.8, 4) is 5.75 Å². The van der Waals surface area contributed by atoms with Crippen LogP contribution in [0.3, 0.4) is 0 Å². The van der Waals surface area contributed by atoms with Gasteiger partial charge in [0.2, 0.25) is 0 Å². The maximum atomic E-state index is 6.10. The fourth-order valence-electron chi connectivity index (χ4n) is 1.77. The van der Waals surface area contributed by atoms with Gasteiger partial charge in [0.1, 0.15) is 12.4 Å². The second-order valence-corrected chi connectivity index (χ2v) is 5.09. The number of aromatic nitrogens is 1. The first-order valence-electron chi connectivity index (χ1n) is 6.73. The maximum Gasteiger partial charge on any atom is 0.174 e. The first kappa shape index (κ1) is 14.9. The molecule has 2 aromatic rings. The van der Waals surface area contributed by atoms with E-state index in [9.17, 15) is 0 Å².